The Hall–Kier alpha value is 1.58. The summed E-state index contributed by atoms with van der Waals surface area (Å²) in [5.74, 6) is 0. The Balaban J connectivity index is -0.0000000800. The molecule has 0 aromatic carbocycles. The molecule has 0 aromatic rings. The van der Waals surface area contributed by atoms with Crippen LogP contribution in [0.5, 0.6) is 0 Å². The summed E-state index contributed by atoms with van der Waals surface area (Å²) in [7, 11) is -4.64. The van der Waals surface area contributed by atoms with E-state index in [1.54, 1.807) is 0 Å². The van der Waals surface area contributed by atoms with Gasteiger partial charge in [-0.3, -0.25) is 0 Å². The molecule has 0 spiro atoms. The second-order valence-corrected chi connectivity index (χ2v) is 1.54. The fraction of sp³-hybridized carbons (Fsp3) is 0. The summed E-state index contributed by atoms with van der Waals surface area (Å²) in [5.41, 5.74) is 0. The maximum atomic E-state index is 8.88. The van der Waals surface area contributed by atoms with E-state index in [0.29, 0.717) is 0 Å². The quantitative estimate of drug-likeness (QED) is 0.323. The van der Waals surface area contributed by atoms with Crippen molar-refractivity contribution in [3.8, 4) is 0 Å². The monoisotopic (exact) mass is 333 g/mol. The summed E-state index contributed by atoms with van der Waals surface area (Å²) in [6.07, 6.45) is 0. The minimum Gasteiger partial charge on any atom is -0.303 e. The fourth-order valence-electron chi connectivity index (χ4n) is 0. The molecule has 0 rings (SSSR count). The van der Waals surface area contributed by atoms with Crippen LogP contribution >= 0.6 is 31.8 Å². The predicted molar refractivity (Wildman–Crippen MR) is 29.7 cm³/mol. The Labute approximate surface area is 73.1 Å². The van der Waals surface area contributed by atoms with Crippen LogP contribution < -0.4 is 0 Å². The van der Waals surface area contributed by atoms with Crippen LogP contribution in [0, 0.1) is 0 Å². The fourth-order valence-corrected chi connectivity index (χ4v) is 0. The summed E-state index contributed by atoms with van der Waals surface area (Å²) >= 11 is 0. The van der Waals surface area contributed by atoms with E-state index >= 15 is 0 Å². The summed E-state index contributed by atoms with van der Waals surface area (Å²) in [5, 5.41) is 0. The average Bonchev–Trinajstić information content (AvgIpc) is 0.722. The molecule has 0 unspecified atom stereocenters. The third kappa shape index (κ3) is 94.5. The summed E-state index contributed by atoms with van der Waals surface area (Å²) in [6, 6.07) is 0. The average molecular weight is 334 g/mol. The predicted octanol–water partition coefficient (Wildman–Crippen LogP) is -0.313. The van der Waals surface area contributed by atoms with E-state index in [4.69, 9.17) is 19.2 Å². The number of phosphoric acid groups is 1. The van der Waals surface area contributed by atoms with Crippen molar-refractivity contribution in [2.45, 2.75) is 0 Å². The van der Waals surface area contributed by atoms with Gasteiger partial charge in [-0.1, -0.05) is 0 Å². The van der Waals surface area contributed by atoms with Crippen molar-refractivity contribution in [2.24, 2.45) is 0 Å². The van der Waals surface area contributed by atoms with E-state index < -0.39 is 7.82 Å². The molecule has 0 atom stereocenters. The first kappa shape index (κ1) is 15.8. The smallest absolute Gasteiger partial charge is 0.303 e. The van der Waals surface area contributed by atoms with Crippen LogP contribution in [0.25, 0.3) is 0 Å². The molecule has 3 N–H and O–H groups in total. The molecule has 51 valence electrons. The van der Waals surface area contributed by atoms with Crippen molar-refractivity contribution in [3.05, 3.63) is 0 Å². The van der Waals surface area contributed by atoms with Gasteiger partial charge in [-0.25, -0.2) is 4.57 Å². The summed E-state index contributed by atoms with van der Waals surface area (Å²) in [6.45, 7) is 0. The van der Waals surface area contributed by atoms with Gasteiger partial charge in [0.25, 0.3) is 0 Å². The van der Waals surface area contributed by atoms with Gasteiger partial charge in [0, 0.05) is 22.4 Å². The number of hydrogen-bond donors (Lipinski definition) is 3. The minimum atomic E-state index is -4.64. The zero-order chi connectivity index (χ0) is 4.50. The van der Waals surface area contributed by atoms with Gasteiger partial charge >= 0.3 is 7.82 Å². The summed E-state index contributed by atoms with van der Waals surface area (Å²) in [4.78, 5) is 21.6. The Morgan fingerprint density at radius 1 is 1.14 bits per heavy atom. The van der Waals surface area contributed by atoms with Gasteiger partial charge in [-0.05, 0) is 0 Å². The van der Waals surface area contributed by atoms with Crippen LogP contribution in [0.4, 0.5) is 0 Å². The zero-order valence-electron chi connectivity index (χ0n) is 2.91. The second-order valence-electron chi connectivity index (χ2n) is 0.513. The van der Waals surface area contributed by atoms with E-state index in [1.807, 2.05) is 0 Å². The van der Waals surface area contributed by atoms with Crippen LogP contribution in [-0.2, 0) is 26.9 Å². The van der Waals surface area contributed by atoms with E-state index in [-0.39, 0.29) is 46.4 Å². The SMILES string of the molecule is I.O=P(O)(O)O.[Ag]. The molecule has 0 saturated carbocycles. The molecular weight excluding hydrogens is 330 g/mol. The number of rotatable bonds is 0. The molecule has 0 amide bonds. The van der Waals surface area contributed by atoms with Crippen LogP contribution in [0.2, 0.25) is 0 Å². The molecule has 0 saturated heterocycles. The molecule has 0 aliphatic carbocycles. The van der Waals surface area contributed by atoms with Crippen molar-refractivity contribution in [2.75, 3.05) is 0 Å². The molecule has 7 heteroatoms. The third-order valence-electron chi connectivity index (χ3n) is 0. The first-order chi connectivity index (χ1) is 2.00. The normalized spacial score (nSPS) is 8.43. The Bertz CT molecular complexity index is 57.8. The van der Waals surface area contributed by atoms with Gasteiger partial charge < -0.3 is 14.7 Å². The standard InChI is InChI=1S/Ag.HI.H3O4P/c;;1-5(2,3)4/h;1H;(H3,1,2,3,4). The molecule has 0 aliphatic heterocycles. The van der Waals surface area contributed by atoms with Crippen molar-refractivity contribution in [3.63, 3.8) is 0 Å². The molecule has 7 heavy (non-hydrogen) atoms. The number of halogens is 1. The maximum Gasteiger partial charge on any atom is 0.466 e. The van der Waals surface area contributed by atoms with E-state index in [0.717, 1.165) is 0 Å². The Kier molecular flexibility index (Phi) is 12.9. The second kappa shape index (κ2) is 5.71. The topological polar surface area (TPSA) is 77.8 Å². The molecule has 1 radical (unpaired) electrons. The minimum absolute atomic E-state index is 0. The van der Waals surface area contributed by atoms with Gasteiger partial charge in [0.2, 0.25) is 0 Å². The molecule has 0 aliphatic rings. The molecular formula is H4AgIO4P. The largest absolute Gasteiger partial charge is 0.466 e. The molecule has 0 bridgehead atoms. The van der Waals surface area contributed by atoms with Crippen LogP contribution in [-0.4, -0.2) is 14.7 Å². The first-order valence-corrected chi connectivity index (χ1v) is 2.35. The van der Waals surface area contributed by atoms with E-state index in [9.17, 15) is 0 Å². The molecule has 0 fully saturated rings. The number of hydrogen-bond acceptors (Lipinski definition) is 1. The van der Waals surface area contributed by atoms with Crippen molar-refractivity contribution < 1.29 is 41.6 Å². The molecule has 0 aromatic heterocycles. The summed E-state index contributed by atoms with van der Waals surface area (Å²) < 4.78 is 8.88. The van der Waals surface area contributed by atoms with Gasteiger partial charge in [0.15, 0.2) is 0 Å². The van der Waals surface area contributed by atoms with Gasteiger partial charge in [-0.2, -0.15) is 0 Å². The van der Waals surface area contributed by atoms with Gasteiger partial charge in [-0.15, -0.1) is 24.0 Å². The maximum absolute atomic E-state index is 8.88. The van der Waals surface area contributed by atoms with E-state index in [1.165, 1.54) is 0 Å². The van der Waals surface area contributed by atoms with Crippen molar-refractivity contribution >= 4 is 31.8 Å². The van der Waals surface area contributed by atoms with E-state index in [2.05, 4.69) is 0 Å². The molecule has 4 nitrogen and oxygen atoms in total. The van der Waals surface area contributed by atoms with Gasteiger partial charge in [0.05, 0.1) is 0 Å². The van der Waals surface area contributed by atoms with Crippen LogP contribution in [0.1, 0.15) is 0 Å². The molecule has 0 heterocycles. The Morgan fingerprint density at radius 3 is 1.14 bits per heavy atom. The van der Waals surface area contributed by atoms with Crippen molar-refractivity contribution in [1.82, 2.24) is 0 Å². The Morgan fingerprint density at radius 2 is 1.14 bits per heavy atom. The van der Waals surface area contributed by atoms with Gasteiger partial charge in [0.1, 0.15) is 0 Å². The van der Waals surface area contributed by atoms with Crippen LogP contribution in [0.3, 0.4) is 0 Å². The first-order valence-electron chi connectivity index (χ1n) is 0.783. The van der Waals surface area contributed by atoms with Crippen LogP contribution in [0.15, 0.2) is 0 Å². The van der Waals surface area contributed by atoms with Crippen molar-refractivity contribution in [1.29, 1.82) is 0 Å². The zero-order valence-corrected chi connectivity index (χ0v) is 7.61. The third-order valence-corrected chi connectivity index (χ3v) is 0.